The lowest BCUT2D eigenvalue weighted by Crippen LogP contribution is -2.12. The predicted molar refractivity (Wildman–Crippen MR) is 61.7 cm³/mol. The van der Waals surface area contributed by atoms with Crippen molar-refractivity contribution >= 4 is 5.97 Å². The highest BCUT2D eigenvalue weighted by atomic mass is 16.5. The van der Waals surface area contributed by atoms with Crippen LogP contribution in [0.5, 0.6) is 0 Å². The van der Waals surface area contributed by atoms with E-state index in [9.17, 15) is 4.79 Å². The van der Waals surface area contributed by atoms with E-state index >= 15 is 0 Å². The van der Waals surface area contributed by atoms with Crippen LogP contribution in [0.1, 0.15) is 46.2 Å². The van der Waals surface area contributed by atoms with E-state index in [1.807, 2.05) is 13.8 Å². The second kappa shape index (κ2) is 4.24. The Balaban J connectivity index is 2.47. The molecule has 1 aliphatic rings. The highest BCUT2D eigenvalue weighted by Crippen LogP contribution is 2.27. The van der Waals surface area contributed by atoms with Crippen LogP contribution in [0.15, 0.2) is 0 Å². The summed E-state index contributed by atoms with van der Waals surface area (Å²) in [5.41, 5.74) is 5.11. The first-order valence-electron chi connectivity index (χ1n) is 5.81. The third-order valence-electron chi connectivity index (χ3n) is 3.27. The minimum absolute atomic E-state index is 0.294. The number of hydrogen-bond acceptors (Lipinski definition) is 3. The van der Waals surface area contributed by atoms with Crippen molar-refractivity contribution in [1.82, 2.24) is 4.98 Å². The van der Waals surface area contributed by atoms with Gasteiger partial charge < -0.3 is 4.74 Å². The molecule has 0 aliphatic heterocycles. The van der Waals surface area contributed by atoms with Crippen LogP contribution in [-0.4, -0.2) is 17.6 Å². The summed E-state index contributed by atoms with van der Waals surface area (Å²) >= 11 is 0. The Morgan fingerprint density at radius 1 is 1.31 bits per heavy atom. The molecule has 86 valence electrons. The normalized spacial score (nSPS) is 13.7. The van der Waals surface area contributed by atoms with Gasteiger partial charge in [0.05, 0.1) is 6.61 Å². The fourth-order valence-corrected chi connectivity index (χ4v) is 2.28. The number of pyridine rings is 1. The van der Waals surface area contributed by atoms with E-state index in [2.05, 4.69) is 11.9 Å². The Kier molecular flexibility index (Phi) is 2.95. The van der Waals surface area contributed by atoms with Crippen LogP contribution in [0, 0.1) is 13.8 Å². The van der Waals surface area contributed by atoms with Gasteiger partial charge >= 0.3 is 5.97 Å². The number of rotatable bonds is 2. The molecule has 1 aliphatic carbocycles. The van der Waals surface area contributed by atoms with Crippen LogP contribution in [-0.2, 0) is 17.6 Å². The van der Waals surface area contributed by atoms with Crippen molar-refractivity contribution in [2.24, 2.45) is 0 Å². The molecule has 0 amide bonds. The van der Waals surface area contributed by atoms with E-state index in [1.165, 1.54) is 11.1 Å². The standard InChI is InChI=1S/C13H17NO2/c1-4-16-13(15)12-9(3)8(2)10-6-5-7-11(10)14-12/h4-7H2,1-3H3. The first-order valence-corrected chi connectivity index (χ1v) is 5.81. The van der Waals surface area contributed by atoms with E-state index in [1.54, 1.807) is 0 Å². The van der Waals surface area contributed by atoms with Gasteiger partial charge in [0.15, 0.2) is 5.69 Å². The van der Waals surface area contributed by atoms with Crippen molar-refractivity contribution in [2.45, 2.75) is 40.0 Å². The molecule has 0 fully saturated rings. The zero-order valence-electron chi connectivity index (χ0n) is 10.1. The molecule has 0 aromatic carbocycles. The maximum absolute atomic E-state index is 11.7. The Morgan fingerprint density at radius 3 is 2.75 bits per heavy atom. The van der Waals surface area contributed by atoms with Crippen LogP contribution in [0.2, 0.25) is 0 Å². The predicted octanol–water partition coefficient (Wildman–Crippen LogP) is 2.36. The lowest BCUT2D eigenvalue weighted by Gasteiger charge is -2.11. The summed E-state index contributed by atoms with van der Waals surface area (Å²) in [5, 5.41) is 0. The van der Waals surface area contributed by atoms with Gasteiger partial charge in [-0.05, 0) is 56.7 Å². The second-order valence-corrected chi connectivity index (χ2v) is 4.21. The van der Waals surface area contributed by atoms with Gasteiger partial charge in [-0.3, -0.25) is 0 Å². The Morgan fingerprint density at radius 2 is 2.06 bits per heavy atom. The van der Waals surface area contributed by atoms with Gasteiger partial charge in [0, 0.05) is 5.69 Å². The zero-order valence-corrected chi connectivity index (χ0v) is 10.1. The number of aryl methyl sites for hydroxylation is 1. The van der Waals surface area contributed by atoms with E-state index in [-0.39, 0.29) is 5.97 Å². The number of esters is 1. The van der Waals surface area contributed by atoms with Gasteiger partial charge in [0.25, 0.3) is 0 Å². The highest BCUT2D eigenvalue weighted by Gasteiger charge is 2.22. The highest BCUT2D eigenvalue weighted by molar-refractivity contribution is 5.89. The summed E-state index contributed by atoms with van der Waals surface area (Å²) in [6.45, 7) is 6.24. The smallest absolute Gasteiger partial charge is 0.357 e. The monoisotopic (exact) mass is 219 g/mol. The van der Waals surface area contributed by atoms with Crippen molar-refractivity contribution < 1.29 is 9.53 Å². The van der Waals surface area contributed by atoms with Gasteiger partial charge in [-0.15, -0.1) is 0 Å². The van der Waals surface area contributed by atoms with Crippen molar-refractivity contribution in [2.75, 3.05) is 6.61 Å². The van der Waals surface area contributed by atoms with Crippen molar-refractivity contribution in [1.29, 1.82) is 0 Å². The van der Waals surface area contributed by atoms with Crippen LogP contribution < -0.4 is 0 Å². The maximum Gasteiger partial charge on any atom is 0.357 e. The van der Waals surface area contributed by atoms with Gasteiger partial charge in [-0.1, -0.05) is 0 Å². The second-order valence-electron chi connectivity index (χ2n) is 4.21. The first-order chi connectivity index (χ1) is 7.65. The molecule has 1 heterocycles. The number of carbonyl (C=O) groups excluding carboxylic acids is 1. The maximum atomic E-state index is 11.7. The number of fused-ring (bicyclic) bond motifs is 1. The first kappa shape index (κ1) is 11.1. The van der Waals surface area contributed by atoms with Crippen molar-refractivity contribution in [3.8, 4) is 0 Å². The van der Waals surface area contributed by atoms with Crippen molar-refractivity contribution in [3.63, 3.8) is 0 Å². The molecular weight excluding hydrogens is 202 g/mol. The topological polar surface area (TPSA) is 39.2 Å². The minimum atomic E-state index is -0.294. The number of aromatic nitrogens is 1. The fraction of sp³-hybridized carbons (Fsp3) is 0.538. The Labute approximate surface area is 95.8 Å². The lowest BCUT2D eigenvalue weighted by molar-refractivity contribution is 0.0518. The van der Waals surface area contributed by atoms with E-state index in [0.29, 0.717) is 12.3 Å². The van der Waals surface area contributed by atoms with Crippen LogP contribution >= 0.6 is 0 Å². The molecule has 1 aromatic rings. The van der Waals surface area contributed by atoms with Crippen LogP contribution in [0.3, 0.4) is 0 Å². The molecule has 16 heavy (non-hydrogen) atoms. The summed E-state index contributed by atoms with van der Waals surface area (Å²) in [6.07, 6.45) is 3.23. The van der Waals surface area contributed by atoms with Crippen molar-refractivity contribution in [3.05, 3.63) is 28.1 Å². The van der Waals surface area contributed by atoms with Gasteiger partial charge in [-0.2, -0.15) is 0 Å². The number of hydrogen-bond donors (Lipinski definition) is 0. The third-order valence-corrected chi connectivity index (χ3v) is 3.27. The van der Waals surface area contributed by atoms with Crippen LogP contribution in [0.4, 0.5) is 0 Å². The molecular formula is C13H17NO2. The molecule has 0 atom stereocenters. The molecule has 0 saturated heterocycles. The molecule has 1 aromatic heterocycles. The lowest BCUT2D eigenvalue weighted by atomic mass is 10.0. The Bertz CT molecular complexity index is 438. The third kappa shape index (κ3) is 1.70. The van der Waals surface area contributed by atoms with E-state index in [4.69, 9.17) is 4.74 Å². The van der Waals surface area contributed by atoms with Gasteiger partial charge in [0.2, 0.25) is 0 Å². The summed E-state index contributed by atoms with van der Waals surface area (Å²) in [5.74, 6) is -0.294. The molecule has 2 rings (SSSR count). The number of ether oxygens (including phenoxy) is 1. The van der Waals surface area contributed by atoms with E-state index < -0.39 is 0 Å². The van der Waals surface area contributed by atoms with E-state index in [0.717, 1.165) is 30.5 Å². The summed E-state index contributed by atoms with van der Waals surface area (Å²) in [7, 11) is 0. The quantitative estimate of drug-likeness (QED) is 0.717. The molecule has 0 radical (unpaired) electrons. The summed E-state index contributed by atoms with van der Waals surface area (Å²) in [6, 6.07) is 0. The SMILES string of the molecule is CCOC(=O)c1nc2c(c(C)c1C)CCC2. The average molecular weight is 219 g/mol. The summed E-state index contributed by atoms with van der Waals surface area (Å²) < 4.78 is 5.02. The molecule has 0 spiro atoms. The zero-order chi connectivity index (χ0) is 11.7. The fourth-order valence-electron chi connectivity index (χ4n) is 2.28. The molecule has 0 unspecified atom stereocenters. The largest absolute Gasteiger partial charge is 0.461 e. The minimum Gasteiger partial charge on any atom is -0.461 e. The van der Waals surface area contributed by atoms with Gasteiger partial charge in [0.1, 0.15) is 0 Å². The molecule has 3 heteroatoms. The van der Waals surface area contributed by atoms with Crippen LogP contribution in [0.25, 0.3) is 0 Å². The number of nitrogens with zero attached hydrogens (tertiary/aromatic N) is 1. The molecule has 0 N–H and O–H groups in total. The summed E-state index contributed by atoms with van der Waals surface area (Å²) in [4.78, 5) is 16.2. The average Bonchev–Trinajstić information content (AvgIpc) is 2.71. The molecule has 0 bridgehead atoms. The molecule has 3 nitrogen and oxygen atoms in total. The number of carbonyl (C=O) groups is 1. The van der Waals surface area contributed by atoms with Gasteiger partial charge in [-0.25, -0.2) is 9.78 Å². The molecule has 0 saturated carbocycles. The Hall–Kier alpha value is -1.38.